The number of anilines is 1. The van der Waals surface area contributed by atoms with Gasteiger partial charge in [-0.15, -0.1) is 0 Å². The Labute approximate surface area is 193 Å². The zero-order valence-electron chi connectivity index (χ0n) is 19.2. The van der Waals surface area contributed by atoms with Gasteiger partial charge in [0.2, 0.25) is 0 Å². The van der Waals surface area contributed by atoms with Crippen LogP contribution in [0.3, 0.4) is 0 Å². The van der Waals surface area contributed by atoms with Crippen LogP contribution >= 0.6 is 0 Å². The Balaban J connectivity index is 1.25. The van der Waals surface area contributed by atoms with Gasteiger partial charge < -0.3 is 29.2 Å². The van der Waals surface area contributed by atoms with Gasteiger partial charge in [0, 0.05) is 49.3 Å². The highest BCUT2D eigenvalue weighted by Crippen LogP contribution is 2.32. The second kappa shape index (κ2) is 10.5. The fraction of sp³-hybridized carbons (Fsp3) is 0.400. The highest BCUT2D eigenvalue weighted by atomic mass is 16.7. The molecular weight excluding hydrogens is 422 g/mol. The smallest absolute Gasteiger partial charge is 0.497 e. The molecule has 1 aliphatic rings. The summed E-state index contributed by atoms with van der Waals surface area (Å²) in [4.78, 5) is 18.9. The van der Waals surface area contributed by atoms with Crippen LogP contribution in [0.25, 0.3) is 10.9 Å². The minimum absolute atomic E-state index is 0.349. The first-order valence-electron chi connectivity index (χ1n) is 11.3. The number of hydrogen-bond donors (Lipinski definition) is 2. The highest BCUT2D eigenvalue weighted by molar-refractivity contribution is 5.85. The van der Waals surface area contributed by atoms with Gasteiger partial charge in [-0.2, -0.15) is 0 Å². The van der Waals surface area contributed by atoms with Crippen LogP contribution in [0.1, 0.15) is 18.4 Å². The molecule has 3 aromatic rings. The number of unbranched alkanes of at least 4 members (excludes halogenated alkanes) is 1. The molecule has 0 aliphatic carbocycles. The van der Waals surface area contributed by atoms with Crippen molar-refractivity contribution in [3.8, 4) is 17.2 Å². The van der Waals surface area contributed by atoms with Crippen molar-refractivity contribution < 1.29 is 24.1 Å². The minimum atomic E-state index is -1.29. The van der Waals surface area contributed by atoms with Crippen LogP contribution in [-0.2, 0) is 6.42 Å². The molecule has 2 heterocycles. The van der Waals surface area contributed by atoms with E-state index >= 15 is 0 Å². The molecule has 33 heavy (non-hydrogen) atoms. The Hall–Kier alpha value is -3.39. The number of aryl methyl sites for hydroxylation is 1. The van der Waals surface area contributed by atoms with Crippen molar-refractivity contribution in [2.45, 2.75) is 19.3 Å². The number of ether oxygens (including phenoxy) is 3. The van der Waals surface area contributed by atoms with Gasteiger partial charge >= 0.3 is 6.16 Å². The maximum Gasteiger partial charge on any atom is 0.511 e. The first-order chi connectivity index (χ1) is 16.1. The first kappa shape index (κ1) is 22.8. The van der Waals surface area contributed by atoms with Gasteiger partial charge in [-0.1, -0.05) is 0 Å². The van der Waals surface area contributed by atoms with Gasteiger partial charge in [-0.3, -0.25) is 4.90 Å². The maximum atomic E-state index is 10.8. The van der Waals surface area contributed by atoms with E-state index in [1.54, 1.807) is 26.4 Å². The number of aromatic amines is 1. The van der Waals surface area contributed by atoms with Gasteiger partial charge in [-0.25, -0.2) is 4.79 Å². The molecule has 4 rings (SSSR count). The van der Waals surface area contributed by atoms with Crippen molar-refractivity contribution in [1.29, 1.82) is 0 Å². The molecule has 8 heteroatoms. The summed E-state index contributed by atoms with van der Waals surface area (Å²) < 4.78 is 15.7. The summed E-state index contributed by atoms with van der Waals surface area (Å²) in [6.07, 6.45) is 3.85. The first-order valence-corrected chi connectivity index (χ1v) is 11.3. The Bertz CT molecular complexity index is 1090. The molecule has 1 fully saturated rings. The number of nitrogens with zero attached hydrogens (tertiary/aromatic N) is 2. The number of carbonyl (C=O) groups is 1. The molecule has 0 amide bonds. The number of methoxy groups -OCH3 is 2. The third kappa shape index (κ3) is 5.51. The van der Waals surface area contributed by atoms with E-state index in [0.717, 1.165) is 80.1 Å². The molecule has 0 unspecified atom stereocenters. The molecule has 2 aromatic carbocycles. The van der Waals surface area contributed by atoms with Crippen molar-refractivity contribution in [1.82, 2.24) is 9.88 Å². The summed E-state index contributed by atoms with van der Waals surface area (Å²) in [6.45, 7) is 5.06. The van der Waals surface area contributed by atoms with Gasteiger partial charge in [-0.05, 0) is 61.7 Å². The maximum absolute atomic E-state index is 10.8. The van der Waals surface area contributed by atoms with Gasteiger partial charge in [0.1, 0.15) is 17.2 Å². The SMILES string of the molecule is COc1ccc(N2CCN(CCCCc3c[nH]c4ccc(OC(=O)O)cc34)CC2)c(OC)c1. The number of hydrogen-bond acceptors (Lipinski definition) is 6. The van der Waals surface area contributed by atoms with Crippen LogP contribution in [0.2, 0.25) is 0 Å². The highest BCUT2D eigenvalue weighted by Gasteiger charge is 2.20. The number of rotatable bonds is 9. The molecule has 0 saturated carbocycles. The van der Waals surface area contributed by atoms with Crippen LogP contribution in [0.15, 0.2) is 42.6 Å². The van der Waals surface area contributed by atoms with E-state index in [9.17, 15) is 4.79 Å². The number of fused-ring (bicyclic) bond motifs is 1. The Morgan fingerprint density at radius 3 is 2.52 bits per heavy atom. The number of nitrogens with one attached hydrogen (secondary N) is 1. The van der Waals surface area contributed by atoms with E-state index in [0.29, 0.717) is 5.75 Å². The minimum Gasteiger partial charge on any atom is -0.497 e. The van der Waals surface area contributed by atoms with E-state index in [1.165, 1.54) is 5.56 Å². The second-order valence-electron chi connectivity index (χ2n) is 8.21. The molecule has 1 aromatic heterocycles. The average molecular weight is 454 g/mol. The zero-order chi connectivity index (χ0) is 23.2. The zero-order valence-corrected chi connectivity index (χ0v) is 19.2. The van der Waals surface area contributed by atoms with Gasteiger partial charge in [0.05, 0.1) is 19.9 Å². The van der Waals surface area contributed by atoms with E-state index in [2.05, 4.69) is 20.9 Å². The Morgan fingerprint density at radius 1 is 1.00 bits per heavy atom. The van der Waals surface area contributed by atoms with Gasteiger partial charge in [0.15, 0.2) is 0 Å². The Kier molecular flexibility index (Phi) is 7.24. The second-order valence-corrected chi connectivity index (χ2v) is 8.21. The average Bonchev–Trinajstić information content (AvgIpc) is 3.23. The fourth-order valence-corrected chi connectivity index (χ4v) is 4.44. The molecule has 176 valence electrons. The summed E-state index contributed by atoms with van der Waals surface area (Å²) in [6, 6.07) is 11.3. The number of aromatic nitrogens is 1. The van der Waals surface area contributed by atoms with Crippen LogP contribution in [0.5, 0.6) is 17.2 Å². The molecule has 8 nitrogen and oxygen atoms in total. The van der Waals surface area contributed by atoms with Crippen molar-refractivity contribution >= 4 is 22.7 Å². The predicted molar refractivity (Wildman–Crippen MR) is 128 cm³/mol. The van der Waals surface area contributed by atoms with Crippen molar-refractivity contribution in [2.24, 2.45) is 0 Å². The van der Waals surface area contributed by atoms with E-state index in [1.807, 2.05) is 24.4 Å². The monoisotopic (exact) mass is 453 g/mol. The van der Waals surface area contributed by atoms with Crippen LogP contribution in [-0.4, -0.2) is 68.1 Å². The number of piperazine rings is 1. The standard InChI is InChI=1S/C25H31N3O5/c1-31-19-7-9-23(24(16-19)32-2)28-13-11-27(12-14-28)10-4-3-5-18-17-26-22-8-6-20(15-21(18)22)33-25(29)30/h6-9,15-17,26H,3-5,10-14H2,1-2H3,(H,29,30). The largest absolute Gasteiger partial charge is 0.511 e. The van der Waals surface area contributed by atoms with E-state index in [-0.39, 0.29) is 0 Å². The molecule has 2 N–H and O–H groups in total. The van der Waals surface area contributed by atoms with Crippen molar-refractivity contribution in [3.63, 3.8) is 0 Å². The summed E-state index contributed by atoms with van der Waals surface area (Å²) in [5.41, 5.74) is 3.30. The summed E-state index contributed by atoms with van der Waals surface area (Å²) in [7, 11) is 3.36. The lowest BCUT2D eigenvalue weighted by Gasteiger charge is -2.36. The molecule has 1 aliphatic heterocycles. The predicted octanol–water partition coefficient (Wildman–Crippen LogP) is 4.39. The molecule has 0 bridgehead atoms. The van der Waals surface area contributed by atoms with Crippen LogP contribution in [0, 0.1) is 0 Å². The summed E-state index contributed by atoms with van der Waals surface area (Å²) >= 11 is 0. The molecular formula is C25H31N3O5. The lowest BCUT2D eigenvalue weighted by atomic mass is 10.1. The molecule has 0 atom stereocenters. The number of benzene rings is 2. The molecule has 0 radical (unpaired) electrons. The summed E-state index contributed by atoms with van der Waals surface area (Å²) in [5, 5.41) is 9.86. The summed E-state index contributed by atoms with van der Waals surface area (Å²) in [5.74, 6) is 2.00. The molecule has 0 spiro atoms. The number of H-pyrrole nitrogens is 1. The lowest BCUT2D eigenvalue weighted by molar-refractivity contribution is 0.144. The third-order valence-electron chi connectivity index (χ3n) is 6.21. The topological polar surface area (TPSA) is 87.3 Å². The quantitative estimate of drug-likeness (QED) is 0.282. The van der Waals surface area contributed by atoms with Crippen molar-refractivity contribution in [2.75, 3.05) is 51.8 Å². The third-order valence-corrected chi connectivity index (χ3v) is 6.21. The van der Waals surface area contributed by atoms with Crippen LogP contribution < -0.4 is 19.1 Å². The lowest BCUT2D eigenvalue weighted by Crippen LogP contribution is -2.46. The Morgan fingerprint density at radius 2 is 1.79 bits per heavy atom. The van der Waals surface area contributed by atoms with Gasteiger partial charge in [0.25, 0.3) is 0 Å². The normalized spacial score (nSPS) is 14.4. The molecule has 1 saturated heterocycles. The van der Waals surface area contributed by atoms with Crippen LogP contribution in [0.4, 0.5) is 10.5 Å². The van der Waals surface area contributed by atoms with E-state index < -0.39 is 6.16 Å². The van der Waals surface area contributed by atoms with Crippen molar-refractivity contribution in [3.05, 3.63) is 48.2 Å². The van der Waals surface area contributed by atoms with E-state index in [4.69, 9.17) is 19.3 Å². The number of carboxylic acid groups (broad SMARTS) is 1. The fourth-order valence-electron chi connectivity index (χ4n) is 4.44.